The lowest BCUT2D eigenvalue weighted by atomic mass is 10.0. The van der Waals surface area contributed by atoms with Crippen LogP contribution in [-0.4, -0.2) is 44.2 Å². The van der Waals surface area contributed by atoms with Gasteiger partial charge in [0.05, 0.1) is 6.04 Å². The summed E-state index contributed by atoms with van der Waals surface area (Å²) in [5.41, 5.74) is 1.19. The molecule has 2 rings (SSSR count). The summed E-state index contributed by atoms with van der Waals surface area (Å²) in [5.74, 6) is -0.178. The maximum Gasteiger partial charge on any atom is 0.251 e. The summed E-state index contributed by atoms with van der Waals surface area (Å²) in [6.45, 7) is 4.72. The van der Waals surface area contributed by atoms with Gasteiger partial charge in [-0.25, -0.2) is 0 Å². The molecule has 0 aromatic heterocycles. The van der Waals surface area contributed by atoms with Crippen molar-refractivity contribution in [2.45, 2.75) is 38.6 Å². The summed E-state index contributed by atoms with van der Waals surface area (Å²) >= 11 is 0. The molecule has 1 unspecified atom stereocenters. The molecular formula is C18H28ClN3O3. The van der Waals surface area contributed by atoms with Crippen molar-refractivity contribution >= 4 is 29.9 Å². The molecule has 1 saturated heterocycles. The first-order chi connectivity index (χ1) is 11.7. The third-order valence-corrected chi connectivity index (χ3v) is 3.97. The van der Waals surface area contributed by atoms with Crippen molar-refractivity contribution in [2.75, 3.05) is 31.6 Å². The van der Waals surface area contributed by atoms with E-state index in [9.17, 15) is 9.59 Å². The van der Waals surface area contributed by atoms with Gasteiger partial charge < -0.3 is 20.7 Å². The Morgan fingerprint density at radius 3 is 2.88 bits per heavy atom. The van der Waals surface area contributed by atoms with Crippen molar-refractivity contribution in [3.05, 3.63) is 29.8 Å². The van der Waals surface area contributed by atoms with Gasteiger partial charge in [-0.2, -0.15) is 0 Å². The molecule has 0 aliphatic carbocycles. The topological polar surface area (TPSA) is 79.5 Å². The zero-order chi connectivity index (χ0) is 17.2. The van der Waals surface area contributed by atoms with Crippen molar-refractivity contribution in [1.82, 2.24) is 10.6 Å². The minimum Gasteiger partial charge on any atom is -0.382 e. The Morgan fingerprint density at radius 2 is 2.16 bits per heavy atom. The van der Waals surface area contributed by atoms with E-state index in [0.29, 0.717) is 31.0 Å². The number of hydrogen-bond acceptors (Lipinski definition) is 4. The molecule has 1 heterocycles. The van der Waals surface area contributed by atoms with Crippen molar-refractivity contribution in [1.29, 1.82) is 0 Å². The molecule has 6 nitrogen and oxygen atoms in total. The van der Waals surface area contributed by atoms with Crippen LogP contribution in [0.5, 0.6) is 0 Å². The van der Waals surface area contributed by atoms with Crippen LogP contribution in [0.1, 0.15) is 43.0 Å². The van der Waals surface area contributed by atoms with Gasteiger partial charge in [0.2, 0.25) is 5.91 Å². The monoisotopic (exact) mass is 369 g/mol. The Labute approximate surface area is 155 Å². The third-order valence-electron chi connectivity index (χ3n) is 3.97. The van der Waals surface area contributed by atoms with Gasteiger partial charge in [0.25, 0.3) is 5.91 Å². The molecule has 1 atom stereocenters. The number of anilines is 1. The number of carbonyl (C=O) groups excluding carboxylic acids is 2. The summed E-state index contributed by atoms with van der Waals surface area (Å²) in [6, 6.07) is 6.88. The van der Waals surface area contributed by atoms with E-state index in [1.807, 2.05) is 6.92 Å². The number of benzene rings is 1. The van der Waals surface area contributed by atoms with Crippen LogP contribution in [0.3, 0.4) is 0 Å². The number of hydrogen-bond donors (Lipinski definition) is 3. The Balaban J connectivity index is 0.00000312. The first kappa shape index (κ1) is 21.4. The van der Waals surface area contributed by atoms with Crippen molar-refractivity contribution in [2.24, 2.45) is 0 Å². The van der Waals surface area contributed by atoms with Crippen LogP contribution < -0.4 is 16.0 Å². The second-order valence-electron chi connectivity index (χ2n) is 5.88. The fourth-order valence-electron chi connectivity index (χ4n) is 2.67. The number of rotatable bonds is 8. The smallest absolute Gasteiger partial charge is 0.251 e. The summed E-state index contributed by atoms with van der Waals surface area (Å²) < 4.78 is 5.24. The second-order valence-corrected chi connectivity index (χ2v) is 5.88. The lowest BCUT2D eigenvalue weighted by molar-refractivity contribution is -0.118. The quantitative estimate of drug-likeness (QED) is 0.614. The molecule has 25 heavy (non-hydrogen) atoms. The van der Waals surface area contributed by atoms with Gasteiger partial charge >= 0.3 is 0 Å². The lowest BCUT2D eigenvalue weighted by Crippen LogP contribution is -2.43. The molecule has 3 N–H and O–H groups in total. The van der Waals surface area contributed by atoms with Crippen molar-refractivity contribution < 1.29 is 14.3 Å². The molecule has 0 radical (unpaired) electrons. The maximum absolute atomic E-state index is 12.2. The molecule has 140 valence electrons. The zero-order valence-electron chi connectivity index (χ0n) is 14.7. The second kappa shape index (κ2) is 11.8. The summed E-state index contributed by atoms with van der Waals surface area (Å²) in [5, 5.41) is 8.97. The number of halogens is 1. The number of carbonyl (C=O) groups is 2. The van der Waals surface area contributed by atoms with Crippen LogP contribution in [0.4, 0.5) is 5.69 Å². The van der Waals surface area contributed by atoms with Gasteiger partial charge in [0, 0.05) is 31.0 Å². The number of piperidine rings is 1. The molecule has 2 amide bonds. The van der Waals surface area contributed by atoms with Crippen molar-refractivity contribution in [3.8, 4) is 0 Å². The van der Waals surface area contributed by atoms with Gasteiger partial charge in [-0.1, -0.05) is 12.5 Å². The molecule has 7 heteroatoms. The number of amides is 2. The van der Waals surface area contributed by atoms with Crippen LogP contribution in [0.2, 0.25) is 0 Å². The van der Waals surface area contributed by atoms with Crippen molar-refractivity contribution in [3.63, 3.8) is 0 Å². The first-order valence-electron chi connectivity index (χ1n) is 8.71. The van der Waals surface area contributed by atoms with Gasteiger partial charge in [-0.05, 0) is 50.9 Å². The Bertz CT molecular complexity index is 548. The standard InChI is InChI=1S/C18H27N3O3.ClH/c1-2-24-12-6-11-20-17(22)14-7-5-8-15(13-14)21-18(23)16-9-3-4-10-19-16;/h5,7-8,13,16,19H,2-4,6,9-12H2,1H3,(H,20,22)(H,21,23);1H. The molecule has 0 saturated carbocycles. The Hall–Kier alpha value is -1.63. The van der Waals surface area contributed by atoms with Gasteiger partial charge in [-0.3, -0.25) is 9.59 Å². The van der Waals surface area contributed by atoms with E-state index in [1.165, 1.54) is 0 Å². The molecule has 1 fully saturated rings. The highest BCUT2D eigenvalue weighted by atomic mass is 35.5. The molecular weight excluding hydrogens is 342 g/mol. The largest absolute Gasteiger partial charge is 0.382 e. The SMILES string of the molecule is CCOCCCNC(=O)c1cccc(NC(=O)C2CCCCN2)c1.Cl. The van der Waals surface area contributed by atoms with Crippen LogP contribution in [0.15, 0.2) is 24.3 Å². The summed E-state index contributed by atoms with van der Waals surface area (Å²) in [4.78, 5) is 24.4. The van der Waals surface area contributed by atoms with E-state index in [4.69, 9.17) is 4.74 Å². The number of ether oxygens (including phenoxy) is 1. The molecule has 1 aliphatic rings. The minimum absolute atomic E-state index is 0. The first-order valence-corrected chi connectivity index (χ1v) is 8.71. The predicted molar refractivity (Wildman–Crippen MR) is 101 cm³/mol. The fourth-order valence-corrected chi connectivity index (χ4v) is 2.67. The minimum atomic E-state index is -0.144. The lowest BCUT2D eigenvalue weighted by Gasteiger charge is -2.22. The molecule has 1 aromatic carbocycles. The highest BCUT2D eigenvalue weighted by molar-refractivity contribution is 5.98. The van der Waals surface area contributed by atoms with Gasteiger partial charge in [0.15, 0.2) is 0 Å². The van der Waals surface area contributed by atoms with E-state index in [1.54, 1.807) is 24.3 Å². The third kappa shape index (κ3) is 7.42. The highest BCUT2D eigenvalue weighted by Crippen LogP contribution is 2.13. The van der Waals surface area contributed by atoms with Gasteiger partial charge in [0.1, 0.15) is 0 Å². The maximum atomic E-state index is 12.2. The fraction of sp³-hybridized carbons (Fsp3) is 0.556. The average Bonchev–Trinajstić information content (AvgIpc) is 2.62. The van der Waals surface area contributed by atoms with E-state index in [-0.39, 0.29) is 30.3 Å². The Kier molecular flexibility index (Phi) is 10.1. The van der Waals surface area contributed by atoms with Crippen LogP contribution >= 0.6 is 12.4 Å². The normalized spacial score (nSPS) is 16.6. The molecule has 1 aromatic rings. The average molecular weight is 370 g/mol. The molecule has 0 bridgehead atoms. The van der Waals surface area contributed by atoms with E-state index >= 15 is 0 Å². The van der Waals surface area contributed by atoms with E-state index in [0.717, 1.165) is 32.2 Å². The summed E-state index contributed by atoms with van der Waals surface area (Å²) in [6.07, 6.45) is 3.81. The van der Waals surface area contributed by atoms with Crippen LogP contribution in [0.25, 0.3) is 0 Å². The number of nitrogens with one attached hydrogen (secondary N) is 3. The Morgan fingerprint density at radius 1 is 1.32 bits per heavy atom. The molecule has 1 aliphatic heterocycles. The van der Waals surface area contributed by atoms with E-state index < -0.39 is 0 Å². The summed E-state index contributed by atoms with van der Waals surface area (Å²) in [7, 11) is 0. The van der Waals surface area contributed by atoms with Gasteiger partial charge in [-0.15, -0.1) is 12.4 Å². The van der Waals surface area contributed by atoms with E-state index in [2.05, 4.69) is 16.0 Å². The highest BCUT2D eigenvalue weighted by Gasteiger charge is 2.20. The zero-order valence-corrected chi connectivity index (χ0v) is 15.5. The predicted octanol–water partition coefficient (Wildman–Crippen LogP) is 2.35. The van der Waals surface area contributed by atoms with Crippen LogP contribution in [0, 0.1) is 0 Å². The van der Waals surface area contributed by atoms with Crippen LogP contribution in [-0.2, 0) is 9.53 Å². The molecule has 0 spiro atoms.